The summed E-state index contributed by atoms with van der Waals surface area (Å²) >= 11 is 0. The molecule has 0 aromatic carbocycles. The standard InChI is InChI=1S/C14H32N2O2/c1-13(2)15-11-14(3,4)12-16(7-9-17-5)8-10-18-6/h13,15H,7-12H2,1-6H3. The van der Waals surface area contributed by atoms with Crippen LogP contribution in [-0.4, -0.2) is 64.6 Å². The van der Waals surface area contributed by atoms with E-state index in [-0.39, 0.29) is 5.41 Å². The largest absolute Gasteiger partial charge is 0.383 e. The molecule has 4 heteroatoms. The van der Waals surface area contributed by atoms with E-state index < -0.39 is 0 Å². The average Bonchev–Trinajstić information content (AvgIpc) is 2.30. The van der Waals surface area contributed by atoms with Gasteiger partial charge in [-0.2, -0.15) is 0 Å². The van der Waals surface area contributed by atoms with E-state index in [1.165, 1.54) is 0 Å². The second-order valence-electron chi connectivity index (χ2n) is 5.96. The molecule has 0 radical (unpaired) electrons. The van der Waals surface area contributed by atoms with Gasteiger partial charge >= 0.3 is 0 Å². The molecule has 0 aliphatic carbocycles. The summed E-state index contributed by atoms with van der Waals surface area (Å²) in [6.07, 6.45) is 0. The van der Waals surface area contributed by atoms with Crippen molar-refractivity contribution in [3.8, 4) is 0 Å². The Labute approximate surface area is 113 Å². The molecule has 0 bridgehead atoms. The molecule has 0 atom stereocenters. The molecule has 0 heterocycles. The van der Waals surface area contributed by atoms with Crippen LogP contribution in [0.5, 0.6) is 0 Å². The van der Waals surface area contributed by atoms with E-state index in [9.17, 15) is 0 Å². The van der Waals surface area contributed by atoms with Gasteiger partial charge in [0.15, 0.2) is 0 Å². The minimum Gasteiger partial charge on any atom is -0.383 e. The fourth-order valence-corrected chi connectivity index (χ4v) is 1.85. The van der Waals surface area contributed by atoms with Crippen molar-refractivity contribution in [1.29, 1.82) is 0 Å². The quantitative estimate of drug-likeness (QED) is 0.612. The lowest BCUT2D eigenvalue weighted by Crippen LogP contribution is -2.44. The summed E-state index contributed by atoms with van der Waals surface area (Å²) in [5.74, 6) is 0. The maximum Gasteiger partial charge on any atom is 0.0589 e. The van der Waals surface area contributed by atoms with Crippen LogP contribution in [0.2, 0.25) is 0 Å². The summed E-state index contributed by atoms with van der Waals surface area (Å²) in [4.78, 5) is 2.41. The number of nitrogens with zero attached hydrogens (tertiary/aromatic N) is 1. The van der Waals surface area contributed by atoms with Gasteiger partial charge in [0.1, 0.15) is 0 Å². The first kappa shape index (κ1) is 17.8. The predicted molar refractivity (Wildman–Crippen MR) is 77.1 cm³/mol. The highest BCUT2D eigenvalue weighted by molar-refractivity contribution is 4.77. The van der Waals surface area contributed by atoms with E-state index >= 15 is 0 Å². The molecule has 0 saturated carbocycles. The molecule has 0 amide bonds. The van der Waals surface area contributed by atoms with E-state index in [4.69, 9.17) is 9.47 Å². The Bertz CT molecular complexity index is 188. The lowest BCUT2D eigenvalue weighted by molar-refractivity contribution is 0.0878. The van der Waals surface area contributed by atoms with Crippen LogP contribution in [-0.2, 0) is 9.47 Å². The molecule has 0 saturated heterocycles. The van der Waals surface area contributed by atoms with E-state index in [1.807, 2.05) is 0 Å². The molecule has 18 heavy (non-hydrogen) atoms. The van der Waals surface area contributed by atoms with Crippen molar-refractivity contribution in [2.24, 2.45) is 5.41 Å². The van der Waals surface area contributed by atoms with Crippen LogP contribution < -0.4 is 5.32 Å². The van der Waals surface area contributed by atoms with Gasteiger partial charge in [0.05, 0.1) is 13.2 Å². The molecular weight excluding hydrogens is 228 g/mol. The highest BCUT2D eigenvalue weighted by atomic mass is 16.5. The second kappa shape index (κ2) is 9.73. The third kappa shape index (κ3) is 9.83. The minimum atomic E-state index is 0.256. The monoisotopic (exact) mass is 260 g/mol. The third-order valence-corrected chi connectivity index (χ3v) is 2.86. The maximum absolute atomic E-state index is 5.17. The predicted octanol–water partition coefficient (Wildman–Crippen LogP) is 1.61. The number of ether oxygens (including phenoxy) is 2. The normalized spacial score (nSPS) is 12.7. The topological polar surface area (TPSA) is 33.7 Å². The zero-order valence-electron chi connectivity index (χ0n) is 13.1. The van der Waals surface area contributed by atoms with Crippen LogP contribution in [0.15, 0.2) is 0 Å². The summed E-state index contributed by atoms with van der Waals surface area (Å²) in [5.41, 5.74) is 0.256. The fourth-order valence-electron chi connectivity index (χ4n) is 1.85. The van der Waals surface area contributed by atoms with Crippen molar-refractivity contribution in [3.63, 3.8) is 0 Å². The zero-order chi connectivity index (χ0) is 14.0. The van der Waals surface area contributed by atoms with E-state index in [2.05, 4.69) is 37.9 Å². The second-order valence-corrected chi connectivity index (χ2v) is 5.96. The Morgan fingerprint density at radius 2 is 1.56 bits per heavy atom. The zero-order valence-corrected chi connectivity index (χ0v) is 13.1. The highest BCUT2D eigenvalue weighted by Gasteiger charge is 2.21. The van der Waals surface area contributed by atoms with Crippen LogP contribution in [0.1, 0.15) is 27.7 Å². The summed E-state index contributed by atoms with van der Waals surface area (Å²) in [6.45, 7) is 14.5. The summed E-state index contributed by atoms with van der Waals surface area (Å²) in [7, 11) is 3.50. The number of hydrogen-bond acceptors (Lipinski definition) is 4. The van der Waals surface area contributed by atoms with Crippen LogP contribution in [0, 0.1) is 5.41 Å². The molecule has 0 rings (SSSR count). The SMILES string of the molecule is COCCN(CCOC)CC(C)(C)CNC(C)C. The van der Waals surface area contributed by atoms with Gasteiger partial charge in [-0.05, 0) is 5.41 Å². The van der Waals surface area contributed by atoms with Gasteiger partial charge in [0.2, 0.25) is 0 Å². The van der Waals surface area contributed by atoms with Crippen molar-refractivity contribution in [3.05, 3.63) is 0 Å². The average molecular weight is 260 g/mol. The molecule has 0 aliphatic heterocycles. The van der Waals surface area contributed by atoms with Crippen LogP contribution in [0.25, 0.3) is 0 Å². The van der Waals surface area contributed by atoms with Gasteiger partial charge < -0.3 is 14.8 Å². The van der Waals surface area contributed by atoms with Gasteiger partial charge in [-0.15, -0.1) is 0 Å². The number of rotatable bonds is 11. The lowest BCUT2D eigenvalue weighted by Gasteiger charge is -2.33. The van der Waals surface area contributed by atoms with Crippen molar-refractivity contribution in [1.82, 2.24) is 10.2 Å². The number of nitrogens with one attached hydrogen (secondary N) is 1. The first-order valence-corrected chi connectivity index (χ1v) is 6.85. The molecule has 110 valence electrons. The van der Waals surface area contributed by atoms with Crippen LogP contribution in [0.3, 0.4) is 0 Å². The van der Waals surface area contributed by atoms with Gasteiger partial charge in [0, 0.05) is 46.4 Å². The molecule has 0 aromatic rings. The van der Waals surface area contributed by atoms with Gasteiger partial charge in [-0.1, -0.05) is 27.7 Å². The molecule has 1 N–H and O–H groups in total. The van der Waals surface area contributed by atoms with E-state index in [0.717, 1.165) is 39.4 Å². The maximum atomic E-state index is 5.17. The smallest absolute Gasteiger partial charge is 0.0589 e. The van der Waals surface area contributed by atoms with Crippen molar-refractivity contribution < 1.29 is 9.47 Å². The van der Waals surface area contributed by atoms with Gasteiger partial charge in [-0.3, -0.25) is 4.90 Å². The molecule has 4 nitrogen and oxygen atoms in total. The van der Waals surface area contributed by atoms with Crippen molar-refractivity contribution in [2.45, 2.75) is 33.7 Å². The van der Waals surface area contributed by atoms with Crippen LogP contribution >= 0.6 is 0 Å². The molecule has 0 spiro atoms. The summed E-state index contributed by atoms with van der Waals surface area (Å²) in [6, 6.07) is 0.538. The Kier molecular flexibility index (Phi) is 9.64. The minimum absolute atomic E-state index is 0.256. The summed E-state index contributed by atoms with van der Waals surface area (Å²) in [5, 5.41) is 3.51. The first-order chi connectivity index (χ1) is 8.41. The summed E-state index contributed by atoms with van der Waals surface area (Å²) < 4.78 is 10.3. The molecular formula is C14H32N2O2. The van der Waals surface area contributed by atoms with Gasteiger partial charge in [-0.25, -0.2) is 0 Å². The van der Waals surface area contributed by atoms with E-state index in [0.29, 0.717) is 6.04 Å². The number of hydrogen-bond donors (Lipinski definition) is 1. The van der Waals surface area contributed by atoms with Crippen LogP contribution in [0.4, 0.5) is 0 Å². The number of methoxy groups -OCH3 is 2. The Balaban J connectivity index is 4.15. The van der Waals surface area contributed by atoms with Gasteiger partial charge in [0.25, 0.3) is 0 Å². The Hall–Kier alpha value is -0.160. The van der Waals surface area contributed by atoms with Crippen molar-refractivity contribution >= 4 is 0 Å². The van der Waals surface area contributed by atoms with E-state index in [1.54, 1.807) is 14.2 Å². The molecule has 0 unspecified atom stereocenters. The van der Waals surface area contributed by atoms with Crippen molar-refractivity contribution in [2.75, 3.05) is 53.6 Å². The highest BCUT2D eigenvalue weighted by Crippen LogP contribution is 2.16. The molecule has 0 aromatic heterocycles. The molecule has 0 fully saturated rings. The Morgan fingerprint density at radius 1 is 1.06 bits per heavy atom. The first-order valence-electron chi connectivity index (χ1n) is 6.85. The Morgan fingerprint density at radius 3 is 1.94 bits per heavy atom. The fraction of sp³-hybridized carbons (Fsp3) is 1.00. The molecule has 0 aliphatic rings. The third-order valence-electron chi connectivity index (χ3n) is 2.86. The lowest BCUT2D eigenvalue weighted by atomic mass is 9.92.